The SMILES string of the molecule is COc1cc(C(=O)Nc2ccc3c(c2)OCCO3)c(N(C)S(C)(=O)=O)cc1OC. The molecule has 1 N–H and O–H groups in total. The normalized spacial score (nSPS) is 12.8. The molecule has 0 saturated carbocycles. The molecule has 0 atom stereocenters. The zero-order chi connectivity index (χ0) is 21.2. The van der Waals surface area contributed by atoms with Crippen LogP contribution in [0.5, 0.6) is 23.0 Å². The van der Waals surface area contributed by atoms with E-state index in [1.165, 1.54) is 33.4 Å². The van der Waals surface area contributed by atoms with Crippen molar-refractivity contribution >= 4 is 27.3 Å². The number of hydrogen-bond acceptors (Lipinski definition) is 7. The number of nitrogens with one attached hydrogen (secondary N) is 1. The number of ether oxygens (including phenoxy) is 4. The summed E-state index contributed by atoms with van der Waals surface area (Å²) in [6.07, 6.45) is 1.05. The largest absolute Gasteiger partial charge is 0.493 e. The second-order valence-electron chi connectivity index (χ2n) is 6.27. The van der Waals surface area contributed by atoms with Gasteiger partial charge >= 0.3 is 0 Å². The third-order valence-corrected chi connectivity index (χ3v) is 5.57. The fourth-order valence-electron chi connectivity index (χ4n) is 2.81. The van der Waals surface area contributed by atoms with E-state index in [9.17, 15) is 13.2 Å². The van der Waals surface area contributed by atoms with Crippen molar-refractivity contribution in [1.82, 2.24) is 0 Å². The summed E-state index contributed by atoms with van der Waals surface area (Å²) in [5, 5.41) is 2.75. The summed E-state index contributed by atoms with van der Waals surface area (Å²) in [4.78, 5) is 13.0. The Balaban J connectivity index is 2.00. The molecule has 0 saturated heterocycles. The number of methoxy groups -OCH3 is 2. The van der Waals surface area contributed by atoms with Crippen molar-refractivity contribution in [2.75, 3.05) is 50.4 Å². The summed E-state index contributed by atoms with van der Waals surface area (Å²) in [6, 6.07) is 7.89. The number of rotatable bonds is 6. The van der Waals surface area contributed by atoms with E-state index < -0.39 is 15.9 Å². The average Bonchev–Trinajstić information content (AvgIpc) is 2.71. The van der Waals surface area contributed by atoms with E-state index in [0.29, 0.717) is 41.9 Å². The Labute approximate surface area is 169 Å². The third-order valence-electron chi connectivity index (χ3n) is 4.38. The fraction of sp³-hybridized carbons (Fsp3) is 0.316. The number of fused-ring (bicyclic) bond motifs is 1. The molecule has 0 aliphatic carbocycles. The fourth-order valence-corrected chi connectivity index (χ4v) is 3.32. The minimum absolute atomic E-state index is 0.102. The van der Waals surface area contributed by atoms with Crippen LogP contribution >= 0.6 is 0 Å². The van der Waals surface area contributed by atoms with Gasteiger partial charge in [0.2, 0.25) is 10.0 Å². The van der Waals surface area contributed by atoms with E-state index in [2.05, 4.69) is 5.32 Å². The van der Waals surface area contributed by atoms with Gasteiger partial charge in [-0.05, 0) is 18.2 Å². The smallest absolute Gasteiger partial charge is 0.257 e. The topological polar surface area (TPSA) is 103 Å². The van der Waals surface area contributed by atoms with Gasteiger partial charge in [0.25, 0.3) is 5.91 Å². The number of nitrogens with zero attached hydrogens (tertiary/aromatic N) is 1. The Morgan fingerprint density at radius 2 is 1.66 bits per heavy atom. The van der Waals surface area contributed by atoms with Gasteiger partial charge < -0.3 is 24.3 Å². The quantitative estimate of drug-likeness (QED) is 0.760. The molecule has 9 nitrogen and oxygen atoms in total. The second-order valence-corrected chi connectivity index (χ2v) is 8.28. The first-order valence-electron chi connectivity index (χ1n) is 8.65. The predicted molar refractivity (Wildman–Crippen MR) is 108 cm³/mol. The monoisotopic (exact) mass is 422 g/mol. The van der Waals surface area contributed by atoms with Gasteiger partial charge in [0.1, 0.15) is 13.2 Å². The summed E-state index contributed by atoms with van der Waals surface area (Å²) < 4.78 is 46.7. The lowest BCUT2D eigenvalue weighted by Gasteiger charge is -2.22. The standard InChI is InChI=1S/C19H22N2O7S/c1-21(29(4,23)24)14-11-17(26-3)16(25-2)10-13(14)19(22)20-12-5-6-15-18(9-12)28-8-7-27-15/h5-6,9-11H,7-8H2,1-4H3,(H,20,22). The lowest BCUT2D eigenvalue weighted by molar-refractivity contribution is 0.102. The summed E-state index contributed by atoms with van der Waals surface area (Å²) in [7, 11) is 0.596. The molecule has 2 aromatic rings. The Bertz CT molecular complexity index is 1040. The Hall–Kier alpha value is -3.14. The molecule has 1 aliphatic rings. The predicted octanol–water partition coefficient (Wildman–Crippen LogP) is 2.12. The van der Waals surface area contributed by atoms with Crippen molar-refractivity contribution in [3.05, 3.63) is 35.9 Å². The molecule has 1 heterocycles. The van der Waals surface area contributed by atoms with Crippen molar-refractivity contribution in [3.8, 4) is 23.0 Å². The Morgan fingerprint density at radius 1 is 1.03 bits per heavy atom. The van der Waals surface area contributed by atoms with Gasteiger partial charge in [-0.2, -0.15) is 0 Å². The number of amides is 1. The molecule has 1 amide bonds. The first-order valence-corrected chi connectivity index (χ1v) is 10.5. The molecule has 0 bridgehead atoms. The minimum Gasteiger partial charge on any atom is -0.493 e. The molecular weight excluding hydrogens is 400 g/mol. The molecule has 0 unspecified atom stereocenters. The molecule has 0 radical (unpaired) electrons. The highest BCUT2D eigenvalue weighted by Gasteiger charge is 2.24. The van der Waals surface area contributed by atoms with E-state index in [1.54, 1.807) is 18.2 Å². The molecule has 10 heteroatoms. The van der Waals surface area contributed by atoms with Crippen molar-refractivity contribution in [2.45, 2.75) is 0 Å². The molecule has 2 aromatic carbocycles. The van der Waals surface area contributed by atoms with Crippen LogP contribution in [0.3, 0.4) is 0 Å². The molecule has 1 aliphatic heterocycles. The van der Waals surface area contributed by atoms with Crippen LogP contribution in [0.4, 0.5) is 11.4 Å². The number of carbonyl (C=O) groups is 1. The Morgan fingerprint density at radius 3 is 2.28 bits per heavy atom. The first kappa shape index (κ1) is 20.6. The van der Waals surface area contributed by atoms with E-state index in [-0.39, 0.29) is 11.3 Å². The van der Waals surface area contributed by atoms with Crippen LogP contribution in [0.25, 0.3) is 0 Å². The maximum atomic E-state index is 13.0. The number of anilines is 2. The maximum absolute atomic E-state index is 13.0. The van der Waals surface area contributed by atoms with Gasteiger partial charge in [0.15, 0.2) is 23.0 Å². The van der Waals surface area contributed by atoms with Crippen LogP contribution in [-0.4, -0.2) is 55.1 Å². The highest BCUT2D eigenvalue weighted by Crippen LogP contribution is 2.37. The van der Waals surface area contributed by atoms with E-state index in [4.69, 9.17) is 18.9 Å². The third kappa shape index (κ3) is 4.32. The molecule has 0 aromatic heterocycles. The molecule has 156 valence electrons. The second kappa shape index (κ2) is 8.08. The summed E-state index contributed by atoms with van der Waals surface area (Å²) in [6.45, 7) is 0.884. The highest BCUT2D eigenvalue weighted by atomic mass is 32.2. The van der Waals surface area contributed by atoms with Crippen molar-refractivity contribution < 1.29 is 32.2 Å². The molecule has 3 rings (SSSR count). The van der Waals surface area contributed by atoms with Crippen molar-refractivity contribution in [2.24, 2.45) is 0 Å². The van der Waals surface area contributed by atoms with Gasteiger partial charge in [-0.1, -0.05) is 0 Å². The van der Waals surface area contributed by atoms with Crippen LogP contribution in [0.2, 0.25) is 0 Å². The molecule has 0 spiro atoms. The minimum atomic E-state index is -3.62. The van der Waals surface area contributed by atoms with Gasteiger partial charge in [0.05, 0.1) is 31.7 Å². The summed E-state index contributed by atoms with van der Waals surface area (Å²) in [5.41, 5.74) is 0.729. The first-order chi connectivity index (χ1) is 13.7. The molecular formula is C19H22N2O7S. The molecule has 29 heavy (non-hydrogen) atoms. The lowest BCUT2D eigenvalue weighted by atomic mass is 10.1. The van der Waals surface area contributed by atoms with Crippen LogP contribution in [0.1, 0.15) is 10.4 Å². The number of hydrogen-bond donors (Lipinski definition) is 1. The van der Waals surface area contributed by atoms with Crippen molar-refractivity contribution in [1.29, 1.82) is 0 Å². The van der Waals surface area contributed by atoms with Gasteiger partial charge in [0, 0.05) is 24.9 Å². The average molecular weight is 422 g/mol. The maximum Gasteiger partial charge on any atom is 0.257 e. The number of carbonyl (C=O) groups excluding carboxylic acids is 1. The highest BCUT2D eigenvalue weighted by molar-refractivity contribution is 7.92. The summed E-state index contributed by atoms with van der Waals surface area (Å²) >= 11 is 0. The van der Waals surface area contributed by atoms with Gasteiger partial charge in [-0.15, -0.1) is 0 Å². The number of sulfonamides is 1. The lowest BCUT2D eigenvalue weighted by Crippen LogP contribution is -2.28. The van der Waals surface area contributed by atoms with Gasteiger partial charge in [-0.25, -0.2) is 8.42 Å². The van der Waals surface area contributed by atoms with Crippen LogP contribution in [-0.2, 0) is 10.0 Å². The zero-order valence-corrected chi connectivity index (χ0v) is 17.3. The molecule has 0 fully saturated rings. The summed E-state index contributed by atoms with van der Waals surface area (Å²) in [5.74, 6) is 1.19. The van der Waals surface area contributed by atoms with E-state index in [1.807, 2.05) is 0 Å². The van der Waals surface area contributed by atoms with Crippen LogP contribution < -0.4 is 28.6 Å². The zero-order valence-electron chi connectivity index (χ0n) is 16.5. The van der Waals surface area contributed by atoms with E-state index >= 15 is 0 Å². The van der Waals surface area contributed by atoms with Crippen molar-refractivity contribution in [3.63, 3.8) is 0 Å². The van der Waals surface area contributed by atoms with E-state index in [0.717, 1.165) is 10.6 Å². The van der Waals surface area contributed by atoms with Gasteiger partial charge in [-0.3, -0.25) is 9.10 Å². The Kier molecular flexibility index (Phi) is 5.73. The van der Waals surface area contributed by atoms with Crippen LogP contribution in [0, 0.1) is 0 Å². The van der Waals surface area contributed by atoms with Crippen LogP contribution in [0.15, 0.2) is 30.3 Å². The number of benzene rings is 2.